The van der Waals surface area contributed by atoms with Gasteiger partial charge in [-0.05, 0) is 26.0 Å². The van der Waals surface area contributed by atoms with Gasteiger partial charge in [0.05, 0.1) is 13.2 Å². The number of rotatable bonds is 2. The third-order valence-corrected chi connectivity index (χ3v) is 4.33. The summed E-state index contributed by atoms with van der Waals surface area (Å²) in [6.45, 7) is 4.44. The van der Waals surface area contributed by atoms with Crippen LogP contribution in [-0.2, 0) is 11.8 Å². The fourth-order valence-corrected chi connectivity index (χ4v) is 2.81. The van der Waals surface area contributed by atoms with E-state index < -0.39 is 6.10 Å². The highest BCUT2D eigenvalue weighted by molar-refractivity contribution is 5.94. The van der Waals surface area contributed by atoms with E-state index in [9.17, 15) is 14.4 Å². The van der Waals surface area contributed by atoms with Crippen LogP contribution < -0.4 is 11.1 Å². The van der Waals surface area contributed by atoms with E-state index in [1.165, 1.54) is 10.6 Å². The van der Waals surface area contributed by atoms with Gasteiger partial charge in [0.25, 0.3) is 17.0 Å². The molecule has 1 saturated heterocycles. The smallest absolute Gasteiger partial charge is 0.263 e. The zero-order chi connectivity index (χ0) is 18.1. The van der Waals surface area contributed by atoms with E-state index >= 15 is 0 Å². The molecule has 1 aliphatic heterocycles. The highest BCUT2D eigenvalue weighted by Gasteiger charge is 2.29. The normalized spacial score (nSPS) is 17.6. The molecule has 1 atom stereocenters. The van der Waals surface area contributed by atoms with Crippen molar-refractivity contribution in [2.24, 2.45) is 7.05 Å². The Labute approximate surface area is 144 Å². The quantitative estimate of drug-likeness (QED) is 0.845. The molecule has 8 nitrogen and oxygen atoms in total. The molecule has 8 heteroatoms. The van der Waals surface area contributed by atoms with Crippen molar-refractivity contribution < 1.29 is 9.53 Å². The molecule has 0 spiro atoms. The summed E-state index contributed by atoms with van der Waals surface area (Å²) < 4.78 is 7.10. The number of pyridine rings is 1. The van der Waals surface area contributed by atoms with Gasteiger partial charge in [-0.25, -0.2) is 4.98 Å². The number of amides is 1. The lowest BCUT2D eigenvalue weighted by atomic mass is 10.2. The van der Waals surface area contributed by atoms with Crippen molar-refractivity contribution in [3.05, 3.63) is 61.7 Å². The highest BCUT2D eigenvalue weighted by Crippen LogP contribution is 2.19. The third-order valence-electron chi connectivity index (χ3n) is 4.33. The Kier molecular flexibility index (Phi) is 4.54. The number of H-pyrrole nitrogens is 1. The minimum absolute atomic E-state index is 0.124. The number of aryl methyl sites for hydroxylation is 2. The number of nitrogens with zero attached hydrogens (tertiary/aromatic N) is 3. The average molecular weight is 344 g/mol. The second-order valence-electron chi connectivity index (χ2n) is 6.14. The molecule has 2 aromatic rings. The minimum Gasteiger partial charge on any atom is -0.367 e. The van der Waals surface area contributed by atoms with Gasteiger partial charge in [0.1, 0.15) is 17.5 Å². The number of hydrogen-bond donors (Lipinski definition) is 1. The van der Waals surface area contributed by atoms with Crippen molar-refractivity contribution in [3.63, 3.8) is 0 Å². The van der Waals surface area contributed by atoms with Crippen LogP contribution in [0.3, 0.4) is 0 Å². The number of carbonyl (C=O) groups is 1. The molecule has 25 heavy (non-hydrogen) atoms. The van der Waals surface area contributed by atoms with Gasteiger partial charge in [0.2, 0.25) is 0 Å². The monoisotopic (exact) mass is 344 g/mol. The number of nitrogens with one attached hydrogen (secondary N) is 1. The maximum atomic E-state index is 12.8. The molecule has 0 bridgehead atoms. The Morgan fingerprint density at radius 1 is 1.32 bits per heavy atom. The summed E-state index contributed by atoms with van der Waals surface area (Å²) in [5.74, 6) is 0.0446. The van der Waals surface area contributed by atoms with Crippen LogP contribution in [0.5, 0.6) is 0 Å². The van der Waals surface area contributed by atoms with Crippen molar-refractivity contribution in [2.45, 2.75) is 20.0 Å². The topological polar surface area (TPSA) is 97.3 Å². The minimum atomic E-state index is -0.528. The van der Waals surface area contributed by atoms with Crippen molar-refractivity contribution in [1.82, 2.24) is 19.4 Å². The van der Waals surface area contributed by atoms with E-state index in [1.54, 1.807) is 37.9 Å². The Morgan fingerprint density at radius 3 is 2.80 bits per heavy atom. The Morgan fingerprint density at radius 2 is 2.08 bits per heavy atom. The first-order chi connectivity index (χ1) is 11.9. The average Bonchev–Trinajstić information content (AvgIpc) is 2.58. The van der Waals surface area contributed by atoms with Crippen LogP contribution in [-0.4, -0.2) is 45.0 Å². The lowest BCUT2D eigenvalue weighted by Crippen LogP contribution is -2.45. The molecule has 1 aliphatic rings. The van der Waals surface area contributed by atoms with E-state index in [0.717, 1.165) is 5.69 Å². The molecule has 3 heterocycles. The van der Waals surface area contributed by atoms with Gasteiger partial charge in [-0.3, -0.25) is 14.4 Å². The summed E-state index contributed by atoms with van der Waals surface area (Å²) in [4.78, 5) is 45.2. The molecule has 1 fully saturated rings. The van der Waals surface area contributed by atoms with E-state index in [1.807, 2.05) is 0 Å². The number of carbonyl (C=O) groups excluding carboxylic acids is 1. The lowest BCUT2D eigenvalue weighted by Gasteiger charge is -2.32. The maximum absolute atomic E-state index is 12.8. The van der Waals surface area contributed by atoms with Crippen LogP contribution in [0, 0.1) is 13.8 Å². The second-order valence-corrected chi connectivity index (χ2v) is 6.14. The van der Waals surface area contributed by atoms with Crippen molar-refractivity contribution >= 4 is 5.91 Å². The number of morpholine rings is 1. The van der Waals surface area contributed by atoms with Crippen LogP contribution in [0.15, 0.2) is 27.8 Å². The van der Waals surface area contributed by atoms with Gasteiger partial charge in [0.15, 0.2) is 0 Å². The van der Waals surface area contributed by atoms with Gasteiger partial charge < -0.3 is 19.2 Å². The second kappa shape index (κ2) is 6.64. The molecule has 2 aromatic heterocycles. The first-order valence-corrected chi connectivity index (χ1v) is 8.02. The summed E-state index contributed by atoms with van der Waals surface area (Å²) in [7, 11) is 1.64. The van der Waals surface area contributed by atoms with Crippen LogP contribution in [0.4, 0.5) is 0 Å². The number of aromatic amines is 1. The Hall–Kier alpha value is -2.74. The SMILES string of the molecule is Cc1cc(=O)[nH]c([C@H]2CN(C(=O)c3ccc(C)n(C)c3=O)CCO2)n1. The molecule has 0 aliphatic carbocycles. The van der Waals surface area contributed by atoms with E-state index in [0.29, 0.717) is 24.7 Å². The summed E-state index contributed by atoms with van der Waals surface area (Å²) in [5, 5.41) is 0. The van der Waals surface area contributed by atoms with Gasteiger partial charge in [-0.2, -0.15) is 0 Å². The number of hydrogen-bond acceptors (Lipinski definition) is 5. The molecule has 1 N–H and O–H groups in total. The molecule has 132 valence electrons. The predicted octanol–water partition coefficient (Wildman–Crippen LogP) is 0.299. The molecule has 1 amide bonds. The Bertz CT molecular complexity index is 931. The molecule has 0 radical (unpaired) electrons. The predicted molar refractivity (Wildman–Crippen MR) is 90.6 cm³/mol. The number of ether oxygens (including phenoxy) is 1. The Balaban J connectivity index is 1.86. The van der Waals surface area contributed by atoms with Crippen molar-refractivity contribution in [2.75, 3.05) is 19.7 Å². The van der Waals surface area contributed by atoms with Crippen LogP contribution in [0.2, 0.25) is 0 Å². The first-order valence-electron chi connectivity index (χ1n) is 8.02. The molecule has 3 rings (SSSR count). The van der Waals surface area contributed by atoms with Crippen LogP contribution in [0.25, 0.3) is 0 Å². The molecular formula is C17H20N4O4. The molecule has 0 saturated carbocycles. The molecule has 0 aromatic carbocycles. The van der Waals surface area contributed by atoms with Crippen LogP contribution >= 0.6 is 0 Å². The van der Waals surface area contributed by atoms with Crippen molar-refractivity contribution in [3.8, 4) is 0 Å². The summed E-state index contributed by atoms with van der Waals surface area (Å²) in [5.41, 5.74) is 0.901. The fraction of sp³-hybridized carbons (Fsp3) is 0.412. The maximum Gasteiger partial charge on any atom is 0.263 e. The lowest BCUT2D eigenvalue weighted by molar-refractivity contribution is -0.0270. The highest BCUT2D eigenvalue weighted by atomic mass is 16.5. The van der Waals surface area contributed by atoms with Crippen molar-refractivity contribution in [1.29, 1.82) is 0 Å². The third kappa shape index (κ3) is 3.39. The van der Waals surface area contributed by atoms with Gasteiger partial charge in [-0.1, -0.05) is 0 Å². The first kappa shape index (κ1) is 17.1. The van der Waals surface area contributed by atoms with E-state index in [-0.39, 0.29) is 29.1 Å². The zero-order valence-corrected chi connectivity index (χ0v) is 14.4. The van der Waals surface area contributed by atoms with E-state index in [2.05, 4.69) is 9.97 Å². The van der Waals surface area contributed by atoms with Gasteiger partial charge in [0, 0.05) is 31.0 Å². The standard InChI is InChI=1S/C17H20N4O4/c1-10-8-14(22)19-15(18-10)13-9-21(6-7-25-13)17(24)12-5-4-11(2)20(3)16(12)23/h4-5,8,13H,6-7,9H2,1-3H3,(H,18,19,22)/t13-/m1/s1. The number of aromatic nitrogens is 3. The fourth-order valence-electron chi connectivity index (χ4n) is 2.81. The molecule has 0 unspecified atom stereocenters. The summed E-state index contributed by atoms with van der Waals surface area (Å²) in [6.07, 6.45) is -0.528. The molecular weight excluding hydrogens is 324 g/mol. The summed E-state index contributed by atoms with van der Waals surface area (Å²) in [6, 6.07) is 4.69. The zero-order valence-electron chi connectivity index (χ0n) is 14.4. The largest absolute Gasteiger partial charge is 0.367 e. The van der Waals surface area contributed by atoms with Gasteiger partial charge >= 0.3 is 0 Å². The summed E-state index contributed by atoms with van der Waals surface area (Å²) >= 11 is 0. The van der Waals surface area contributed by atoms with Gasteiger partial charge in [-0.15, -0.1) is 0 Å². The van der Waals surface area contributed by atoms with E-state index in [4.69, 9.17) is 4.74 Å². The van der Waals surface area contributed by atoms with Crippen LogP contribution in [0.1, 0.15) is 33.7 Å².